The Morgan fingerprint density at radius 3 is 2.61 bits per heavy atom. The second-order valence-electron chi connectivity index (χ2n) is 4.08. The van der Waals surface area contributed by atoms with Crippen molar-refractivity contribution >= 4 is 11.6 Å². The Labute approximate surface area is 111 Å². The summed E-state index contributed by atoms with van der Waals surface area (Å²) in [6.45, 7) is 2.63. The zero-order valence-electron chi connectivity index (χ0n) is 10.3. The molecule has 0 fully saturated rings. The van der Waals surface area contributed by atoms with Gasteiger partial charge >= 0.3 is 0 Å². The second kappa shape index (κ2) is 5.83. The summed E-state index contributed by atoms with van der Waals surface area (Å²) < 4.78 is 1.50. The lowest BCUT2D eigenvalue weighted by molar-refractivity contribution is 0.567. The summed E-state index contributed by atoms with van der Waals surface area (Å²) in [5.41, 5.74) is 2.29. The molecule has 18 heavy (non-hydrogen) atoms. The van der Waals surface area contributed by atoms with Crippen LogP contribution in [0.25, 0.3) is 11.3 Å². The Kier molecular flexibility index (Phi) is 4.15. The second-order valence-corrected chi connectivity index (χ2v) is 4.35. The van der Waals surface area contributed by atoms with Crippen LogP contribution >= 0.6 is 11.6 Å². The summed E-state index contributed by atoms with van der Waals surface area (Å²) in [4.78, 5) is 12.0. The molecule has 0 atom stereocenters. The molecule has 0 saturated heterocycles. The van der Waals surface area contributed by atoms with Crippen molar-refractivity contribution in [1.82, 2.24) is 9.78 Å². The quantitative estimate of drug-likeness (QED) is 0.794. The summed E-state index contributed by atoms with van der Waals surface area (Å²) in [6, 6.07) is 11.6. The maximum atomic E-state index is 12.0. The Balaban J connectivity index is 2.55. The largest absolute Gasteiger partial charge is 0.271 e. The predicted molar refractivity (Wildman–Crippen MR) is 73.8 cm³/mol. The molecule has 0 N–H and O–H groups in total. The fraction of sp³-hybridized carbons (Fsp3) is 0.286. The van der Waals surface area contributed by atoms with E-state index in [-0.39, 0.29) is 11.4 Å². The highest BCUT2D eigenvalue weighted by Gasteiger charge is 2.08. The molecule has 0 spiro atoms. The molecule has 1 heterocycles. The molecule has 0 aliphatic rings. The Hall–Kier alpha value is -1.61. The molecular weight excluding hydrogens is 248 g/mol. The van der Waals surface area contributed by atoms with Crippen LogP contribution in [0.2, 0.25) is 0 Å². The topological polar surface area (TPSA) is 34.9 Å². The van der Waals surface area contributed by atoms with E-state index in [0.717, 1.165) is 17.7 Å². The van der Waals surface area contributed by atoms with Gasteiger partial charge in [0.15, 0.2) is 0 Å². The van der Waals surface area contributed by atoms with Crippen molar-refractivity contribution in [2.24, 2.45) is 0 Å². The summed E-state index contributed by atoms with van der Waals surface area (Å²) in [5.74, 6) is 0.213. The molecule has 0 unspecified atom stereocenters. The smallest absolute Gasteiger partial charge is 0.267 e. The molecule has 1 aromatic heterocycles. The van der Waals surface area contributed by atoms with Gasteiger partial charge in [0.1, 0.15) is 0 Å². The van der Waals surface area contributed by atoms with E-state index in [1.54, 1.807) is 6.07 Å². The molecule has 1 aromatic carbocycles. The van der Waals surface area contributed by atoms with Gasteiger partial charge in [-0.1, -0.05) is 37.3 Å². The van der Waals surface area contributed by atoms with Gasteiger partial charge in [0.2, 0.25) is 0 Å². The van der Waals surface area contributed by atoms with Gasteiger partial charge in [0.25, 0.3) is 5.56 Å². The van der Waals surface area contributed by atoms with Crippen LogP contribution in [-0.4, -0.2) is 9.78 Å². The van der Waals surface area contributed by atoms with Gasteiger partial charge in [-0.05, 0) is 12.5 Å². The Bertz CT molecular complexity index is 578. The number of halogens is 1. The van der Waals surface area contributed by atoms with Crippen LogP contribution in [0.1, 0.15) is 18.9 Å². The monoisotopic (exact) mass is 262 g/mol. The fourth-order valence-corrected chi connectivity index (χ4v) is 2.00. The van der Waals surface area contributed by atoms with Crippen LogP contribution in [0.3, 0.4) is 0 Å². The minimum Gasteiger partial charge on any atom is -0.267 e. The Morgan fingerprint density at radius 1 is 1.28 bits per heavy atom. The van der Waals surface area contributed by atoms with Gasteiger partial charge in [-0.3, -0.25) is 4.79 Å². The maximum Gasteiger partial charge on any atom is 0.271 e. The highest BCUT2D eigenvalue weighted by molar-refractivity contribution is 6.17. The van der Waals surface area contributed by atoms with Crippen LogP contribution in [0, 0.1) is 0 Å². The summed E-state index contributed by atoms with van der Waals surface area (Å²) >= 11 is 5.82. The lowest BCUT2D eigenvalue weighted by Gasteiger charge is -2.08. The number of hydrogen-bond donors (Lipinski definition) is 0. The SMILES string of the molecule is CCCn1nc(-c2ccccc2)cc(CCl)c1=O. The number of aryl methyl sites for hydroxylation is 1. The minimum atomic E-state index is -0.0912. The molecule has 0 radical (unpaired) electrons. The van der Waals surface area contributed by atoms with Crippen LogP contribution < -0.4 is 5.56 Å². The molecule has 0 aliphatic carbocycles. The van der Waals surface area contributed by atoms with Gasteiger partial charge in [-0.2, -0.15) is 5.10 Å². The number of alkyl halides is 1. The molecule has 2 rings (SSSR count). The number of aromatic nitrogens is 2. The number of benzene rings is 1. The van der Waals surface area contributed by atoms with Crippen molar-refractivity contribution < 1.29 is 0 Å². The predicted octanol–water partition coefficient (Wildman–Crippen LogP) is 3.06. The molecule has 2 aromatic rings. The zero-order valence-corrected chi connectivity index (χ0v) is 11.0. The van der Waals surface area contributed by atoms with Crippen LogP contribution in [0.15, 0.2) is 41.2 Å². The van der Waals surface area contributed by atoms with Crippen LogP contribution in [-0.2, 0) is 12.4 Å². The van der Waals surface area contributed by atoms with Crippen molar-refractivity contribution in [3.05, 3.63) is 52.3 Å². The maximum absolute atomic E-state index is 12.0. The van der Waals surface area contributed by atoms with Gasteiger partial charge < -0.3 is 0 Å². The van der Waals surface area contributed by atoms with Crippen LogP contribution in [0.5, 0.6) is 0 Å². The third-order valence-corrected chi connectivity index (χ3v) is 2.99. The fourth-order valence-electron chi connectivity index (χ4n) is 1.81. The highest BCUT2D eigenvalue weighted by Crippen LogP contribution is 2.16. The van der Waals surface area contributed by atoms with E-state index >= 15 is 0 Å². The average Bonchev–Trinajstić information content (AvgIpc) is 2.42. The standard InChI is InChI=1S/C14H15ClN2O/c1-2-8-17-14(18)12(10-15)9-13(16-17)11-6-4-3-5-7-11/h3-7,9H,2,8,10H2,1H3. The van der Waals surface area contributed by atoms with Crippen molar-refractivity contribution in [3.8, 4) is 11.3 Å². The van der Waals surface area contributed by atoms with Gasteiger partial charge in [-0.25, -0.2) is 4.68 Å². The lowest BCUT2D eigenvalue weighted by Crippen LogP contribution is -2.26. The first-order valence-corrected chi connectivity index (χ1v) is 6.52. The normalized spacial score (nSPS) is 10.6. The first-order valence-electron chi connectivity index (χ1n) is 5.98. The highest BCUT2D eigenvalue weighted by atomic mass is 35.5. The zero-order chi connectivity index (χ0) is 13.0. The molecule has 94 valence electrons. The third kappa shape index (κ3) is 2.62. The van der Waals surface area contributed by atoms with Crippen molar-refractivity contribution in [2.75, 3.05) is 0 Å². The van der Waals surface area contributed by atoms with Crippen LogP contribution in [0.4, 0.5) is 0 Å². The molecule has 0 saturated carbocycles. The van der Waals surface area contributed by atoms with Crippen molar-refractivity contribution in [2.45, 2.75) is 25.8 Å². The summed E-state index contributed by atoms with van der Waals surface area (Å²) in [6.07, 6.45) is 0.868. The van der Waals surface area contributed by atoms with E-state index in [0.29, 0.717) is 12.1 Å². The summed E-state index contributed by atoms with van der Waals surface area (Å²) in [5, 5.41) is 4.39. The van der Waals surface area contributed by atoms with Gasteiger partial charge in [-0.15, -0.1) is 11.6 Å². The first kappa shape index (κ1) is 12.8. The van der Waals surface area contributed by atoms with E-state index in [1.165, 1.54) is 4.68 Å². The Morgan fingerprint density at radius 2 is 2.00 bits per heavy atom. The number of rotatable bonds is 4. The number of nitrogens with zero attached hydrogens (tertiary/aromatic N) is 2. The molecule has 4 heteroatoms. The van der Waals surface area contributed by atoms with E-state index < -0.39 is 0 Å². The van der Waals surface area contributed by atoms with E-state index in [9.17, 15) is 4.79 Å². The first-order chi connectivity index (χ1) is 8.76. The minimum absolute atomic E-state index is 0.0912. The number of hydrogen-bond acceptors (Lipinski definition) is 2. The van der Waals surface area contributed by atoms with Crippen molar-refractivity contribution in [3.63, 3.8) is 0 Å². The van der Waals surface area contributed by atoms with E-state index in [4.69, 9.17) is 11.6 Å². The van der Waals surface area contributed by atoms with Gasteiger partial charge in [0, 0.05) is 17.7 Å². The average molecular weight is 263 g/mol. The van der Waals surface area contributed by atoms with Gasteiger partial charge in [0.05, 0.1) is 11.6 Å². The van der Waals surface area contributed by atoms with E-state index in [2.05, 4.69) is 5.10 Å². The summed E-state index contributed by atoms with van der Waals surface area (Å²) in [7, 11) is 0. The molecule has 0 amide bonds. The third-order valence-electron chi connectivity index (χ3n) is 2.70. The molecule has 3 nitrogen and oxygen atoms in total. The van der Waals surface area contributed by atoms with E-state index in [1.807, 2.05) is 37.3 Å². The molecule has 0 bridgehead atoms. The molecular formula is C14H15ClN2O. The molecule has 0 aliphatic heterocycles. The van der Waals surface area contributed by atoms with Crippen molar-refractivity contribution in [1.29, 1.82) is 0 Å². The lowest BCUT2D eigenvalue weighted by atomic mass is 10.1.